The minimum Gasteiger partial charge on any atom is -0.377 e. The Balaban J connectivity index is 1.61. The molecule has 2 N–H and O–H groups in total. The highest BCUT2D eigenvalue weighted by molar-refractivity contribution is 6.40. The summed E-state index contributed by atoms with van der Waals surface area (Å²) in [7, 11) is 0. The van der Waals surface area contributed by atoms with Gasteiger partial charge in [-0.25, -0.2) is 0 Å². The van der Waals surface area contributed by atoms with E-state index in [0.29, 0.717) is 25.5 Å². The van der Waals surface area contributed by atoms with E-state index in [1.54, 1.807) is 5.01 Å². The average Bonchev–Trinajstić information content (AvgIpc) is 3.06. The van der Waals surface area contributed by atoms with Gasteiger partial charge >= 0.3 is 0 Å². The van der Waals surface area contributed by atoms with Crippen molar-refractivity contribution in [3.8, 4) is 0 Å². The fourth-order valence-electron chi connectivity index (χ4n) is 3.88. The molecule has 7 nitrogen and oxygen atoms in total. The molecule has 2 heterocycles. The van der Waals surface area contributed by atoms with Gasteiger partial charge in [0.15, 0.2) is 0 Å². The lowest BCUT2D eigenvalue weighted by Crippen LogP contribution is -2.63. The molecule has 4 rings (SSSR count). The second kappa shape index (κ2) is 6.15. The first-order chi connectivity index (χ1) is 12.1. The number of nitrogens with zero attached hydrogens (tertiary/aromatic N) is 3. The molecule has 1 saturated carbocycles. The normalized spacial score (nSPS) is 24.8. The monoisotopic (exact) mass is 342 g/mol. The molecule has 2 fully saturated rings. The minimum absolute atomic E-state index is 0.0901. The highest BCUT2D eigenvalue weighted by Gasteiger charge is 2.49. The van der Waals surface area contributed by atoms with E-state index in [9.17, 15) is 9.59 Å². The third kappa shape index (κ3) is 2.68. The zero-order valence-corrected chi connectivity index (χ0v) is 14.1. The first kappa shape index (κ1) is 16.1. The van der Waals surface area contributed by atoms with Gasteiger partial charge in [-0.05, 0) is 31.4 Å². The van der Waals surface area contributed by atoms with Gasteiger partial charge in [0.1, 0.15) is 11.8 Å². The Hall–Kier alpha value is -2.41. The smallest absolute Gasteiger partial charge is 0.270 e. The largest absolute Gasteiger partial charge is 0.377 e. The molecule has 2 aliphatic heterocycles. The molecule has 7 heteroatoms. The molecule has 0 radical (unpaired) electrons. The van der Waals surface area contributed by atoms with Crippen molar-refractivity contribution in [2.45, 2.75) is 37.3 Å². The highest BCUT2D eigenvalue weighted by Crippen LogP contribution is 2.40. The second-order valence-electron chi connectivity index (χ2n) is 6.94. The molecule has 132 valence electrons. The average molecular weight is 342 g/mol. The minimum atomic E-state index is -0.625. The van der Waals surface area contributed by atoms with Crippen LogP contribution in [0.1, 0.15) is 25.7 Å². The molecule has 1 aromatic rings. The number of hydrogen-bond acceptors (Lipinski definition) is 5. The number of amides is 2. The molecule has 25 heavy (non-hydrogen) atoms. The van der Waals surface area contributed by atoms with E-state index >= 15 is 0 Å². The van der Waals surface area contributed by atoms with E-state index in [2.05, 4.69) is 5.10 Å². The number of hydrogen-bond donors (Lipinski definition) is 1. The number of para-hydroxylation sites is 1. The quantitative estimate of drug-likeness (QED) is 0.883. The van der Waals surface area contributed by atoms with Gasteiger partial charge in [-0.2, -0.15) is 5.10 Å². The molecular weight excluding hydrogens is 320 g/mol. The fourth-order valence-corrected chi connectivity index (χ4v) is 3.88. The number of carbonyl (C=O) groups is 2. The van der Waals surface area contributed by atoms with Crippen LogP contribution < -0.4 is 10.7 Å². The molecule has 0 aromatic heterocycles. The first-order valence-corrected chi connectivity index (χ1v) is 8.71. The molecule has 1 saturated heterocycles. The number of benzene rings is 1. The van der Waals surface area contributed by atoms with Gasteiger partial charge in [0.2, 0.25) is 5.91 Å². The maximum absolute atomic E-state index is 13.1. The Kier molecular flexibility index (Phi) is 3.95. The molecule has 3 aliphatic rings. The molecule has 1 unspecified atom stereocenters. The molecule has 1 aromatic carbocycles. The first-order valence-electron chi connectivity index (χ1n) is 8.71. The van der Waals surface area contributed by atoms with Gasteiger partial charge in [0, 0.05) is 13.0 Å². The van der Waals surface area contributed by atoms with Gasteiger partial charge in [0.05, 0.1) is 24.4 Å². The van der Waals surface area contributed by atoms with E-state index in [-0.39, 0.29) is 17.9 Å². The third-order valence-electron chi connectivity index (χ3n) is 5.44. The molecule has 1 spiro atoms. The SMILES string of the molecule is NC(=O)C1CC(C(=O)N2CCOCC23CCC3)=NN1c1ccccc1. The Morgan fingerprint density at radius 1 is 1.24 bits per heavy atom. The summed E-state index contributed by atoms with van der Waals surface area (Å²) in [5.74, 6) is -0.566. The van der Waals surface area contributed by atoms with Crippen molar-refractivity contribution >= 4 is 23.2 Å². The molecular formula is C18H22N4O3. The van der Waals surface area contributed by atoms with Gasteiger partial charge in [0.25, 0.3) is 5.91 Å². The van der Waals surface area contributed by atoms with E-state index in [1.165, 1.54) is 0 Å². The van der Waals surface area contributed by atoms with Crippen LogP contribution in [0.5, 0.6) is 0 Å². The number of primary amides is 1. The number of ether oxygens (including phenoxy) is 1. The van der Waals surface area contributed by atoms with Crippen molar-refractivity contribution in [1.82, 2.24) is 4.90 Å². The Morgan fingerprint density at radius 2 is 2.00 bits per heavy atom. The maximum Gasteiger partial charge on any atom is 0.270 e. The van der Waals surface area contributed by atoms with Crippen molar-refractivity contribution in [3.63, 3.8) is 0 Å². The number of hydrazone groups is 1. The van der Waals surface area contributed by atoms with Crippen LogP contribution in [0.15, 0.2) is 35.4 Å². The predicted octanol–water partition coefficient (Wildman–Crippen LogP) is 0.888. The van der Waals surface area contributed by atoms with Gasteiger partial charge in [-0.1, -0.05) is 18.2 Å². The summed E-state index contributed by atoms with van der Waals surface area (Å²) in [5.41, 5.74) is 6.54. The van der Waals surface area contributed by atoms with Crippen LogP contribution in [-0.2, 0) is 14.3 Å². The van der Waals surface area contributed by atoms with Crippen LogP contribution in [0, 0.1) is 0 Å². The second-order valence-corrected chi connectivity index (χ2v) is 6.94. The highest BCUT2D eigenvalue weighted by atomic mass is 16.5. The number of nitrogens with two attached hydrogens (primary N) is 1. The molecule has 1 aliphatic carbocycles. The molecule has 0 bridgehead atoms. The van der Waals surface area contributed by atoms with E-state index in [4.69, 9.17) is 10.5 Å². The van der Waals surface area contributed by atoms with Crippen LogP contribution in [-0.4, -0.2) is 53.8 Å². The summed E-state index contributed by atoms with van der Waals surface area (Å²) >= 11 is 0. The summed E-state index contributed by atoms with van der Waals surface area (Å²) < 4.78 is 5.60. The van der Waals surface area contributed by atoms with Crippen molar-refractivity contribution in [1.29, 1.82) is 0 Å². The van der Waals surface area contributed by atoms with Crippen LogP contribution in [0.3, 0.4) is 0 Å². The predicted molar refractivity (Wildman–Crippen MR) is 93.1 cm³/mol. The van der Waals surface area contributed by atoms with Crippen LogP contribution in [0.2, 0.25) is 0 Å². The van der Waals surface area contributed by atoms with Crippen molar-refractivity contribution in [2.75, 3.05) is 24.8 Å². The van der Waals surface area contributed by atoms with E-state index in [0.717, 1.165) is 24.9 Å². The van der Waals surface area contributed by atoms with Gasteiger partial charge in [-0.15, -0.1) is 0 Å². The van der Waals surface area contributed by atoms with Crippen molar-refractivity contribution < 1.29 is 14.3 Å². The van der Waals surface area contributed by atoms with Crippen molar-refractivity contribution in [3.05, 3.63) is 30.3 Å². The summed E-state index contributed by atoms with van der Waals surface area (Å²) in [6.07, 6.45) is 3.29. The Labute approximate surface area is 146 Å². The standard InChI is InChI=1S/C18H22N4O3/c19-16(23)15-11-14(20-22(15)13-5-2-1-3-6-13)17(24)21-9-10-25-12-18(21)7-4-8-18/h1-3,5-6,15H,4,7-12H2,(H2,19,23). The summed E-state index contributed by atoms with van der Waals surface area (Å²) in [6.45, 7) is 1.71. The summed E-state index contributed by atoms with van der Waals surface area (Å²) in [4.78, 5) is 26.9. The fraction of sp³-hybridized carbons (Fsp3) is 0.500. The number of anilines is 1. The van der Waals surface area contributed by atoms with Crippen LogP contribution >= 0.6 is 0 Å². The van der Waals surface area contributed by atoms with E-state index in [1.807, 2.05) is 35.2 Å². The zero-order valence-electron chi connectivity index (χ0n) is 14.1. The summed E-state index contributed by atoms with van der Waals surface area (Å²) in [6, 6.07) is 8.72. The molecule has 1 atom stereocenters. The third-order valence-corrected chi connectivity index (χ3v) is 5.44. The number of carbonyl (C=O) groups excluding carboxylic acids is 2. The lowest BCUT2D eigenvalue weighted by molar-refractivity contribution is -0.151. The van der Waals surface area contributed by atoms with Crippen molar-refractivity contribution in [2.24, 2.45) is 10.8 Å². The van der Waals surface area contributed by atoms with E-state index < -0.39 is 11.9 Å². The Bertz CT molecular complexity index is 714. The molecule has 2 amide bonds. The summed E-state index contributed by atoms with van der Waals surface area (Å²) in [5, 5.41) is 6.05. The van der Waals surface area contributed by atoms with Crippen LogP contribution in [0.25, 0.3) is 0 Å². The van der Waals surface area contributed by atoms with Gasteiger partial charge < -0.3 is 15.4 Å². The van der Waals surface area contributed by atoms with Crippen LogP contribution in [0.4, 0.5) is 5.69 Å². The lowest BCUT2D eigenvalue weighted by Gasteiger charge is -2.52. The van der Waals surface area contributed by atoms with Gasteiger partial charge in [-0.3, -0.25) is 14.6 Å². The maximum atomic E-state index is 13.1. The Morgan fingerprint density at radius 3 is 2.64 bits per heavy atom. The zero-order chi connectivity index (χ0) is 17.4. The number of rotatable bonds is 3. The lowest BCUT2D eigenvalue weighted by atomic mass is 9.75. The topological polar surface area (TPSA) is 88.2 Å². The number of morpholine rings is 1.